The van der Waals surface area contributed by atoms with E-state index in [0.29, 0.717) is 6.54 Å². The lowest BCUT2D eigenvalue weighted by Crippen LogP contribution is -2.44. The van der Waals surface area contributed by atoms with E-state index in [1.165, 1.54) is 4.88 Å². The highest BCUT2D eigenvalue weighted by atomic mass is 32.1. The SMILES string of the molecule is C[C@@H](Cc1ccc(O)cc1)NC(=O)NC[C@@H](c1cccs1)N(C)C. The number of benzene rings is 1. The third kappa shape index (κ3) is 5.54. The van der Waals surface area contributed by atoms with Crippen LogP contribution in [0.25, 0.3) is 0 Å². The summed E-state index contributed by atoms with van der Waals surface area (Å²) in [5.41, 5.74) is 1.07. The van der Waals surface area contributed by atoms with Gasteiger partial charge in [-0.1, -0.05) is 18.2 Å². The second-order valence-electron chi connectivity index (χ2n) is 6.12. The maximum absolute atomic E-state index is 12.1. The fraction of sp³-hybridized carbons (Fsp3) is 0.389. The fourth-order valence-electron chi connectivity index (χ4n) is 2.52. The van der Waals surface area contributed by atoms with Crippen LogP contribution in [0.1, 0.15) is 23.4 Å². The molecule has 2 aromatic rings. The molecule has 6 heteroatoms. The first kappa shape index (κ1) is 18.3. The molecule has 1 heterocycles. The average Bonchev–Trinajstić information content (AvgIpc) is 3.03. The number of carbonyl (C=O) groups excluding carboxylic acids is 1. The van der Waals surface area contributed by atoms with Gasteiger partial charge in [0.25, 0.3) is 0 Å². The Hall–Kier alpha value is -2.05. The number of urea groups is 1. The van der Waals surface area contributed by atoms with E-state index >= 15 is 0 Å². The molecular weight excluding hydrogens is 322 g/mol. The van der Waals surface area contributed by atoms with Crippen molar-refractivity contribution in [2.45, 2.75) is 25.4 Å². The zero-order chi connectivity index (χ0) is 17.5. The molecule has 0 aliphatic carbocycles. The van der Waals surface area contributed by atoms with Crippen LogP contribution in [0.15, 0.2) is 41.8 Å². The van der Waals surface area contributed by atoms with Crippen molar-refractivity contribution in [1.82, 2.24) is 15.5 Å². The first-order chi connectivity index (χ1) is 11.5. The molecule has 0 bridgehead atoms. The number of nitrogens with zero attached hydrogens (tertiary/aromatic N) is 1. The zero-order valence-corrected chi connectivity index (χ0v) is 15.1. The molecule has 1 aromatic carbocycles. The van der Waals surface area contributed by atoms with Crippen molar-refractivity contribution in [3.05, 3.63) is 52.2 Å². The van der Waals surface area contributed by atoms with Crippen LogP contribution in [0.4, 0.5) is 4.79 Å². The summed E-state index contributed by atoms with van der Waals surface area (Å²) in [4.78, 5) is 15.5. The predicted octanol–water partition coefficient (Wildman–Crippen LogP) is 2.99. The minimum Gasteiger partial charge on any atom is -0.508 e. The molecule has 0 saturated heterocycles. The quantitative estimate of drug-likeness (QED) is 0.721. The first-order valence-electron chi connectivity index (χ1n) is 7.98. The van der Waals surface area contributed by atoms with Gasteiger partial charge in [0.2, 0.25) is 0 Å². The largest absolute Gasteiger partial charge is 0.508 e. The Bertz CT molecular complexity index is 626. The number of phenolic OH excluding ortho intramolecular Hbond substituents is 1. The molecule has 130 valence electrons. The molecule has 5 nitrogen and oxygen atoms in total. The average molecular weight is 347 g/mol. The van der Waals surface area contributed by atoms with Crippen LogP contribution in [-0.2, 0) is 6.42 Å². The van der Waals surface area contributed by atoms with Gasteiger partial charge in [0.15, 0.2) is 0 Å². The molecule has 0 spiro atoms. The Morgan fingerprint density at radius 3 is 2.54 bits per heavy atom. The van der Waals surface area contributed by atoms with Gasteiger partial charge in [-0.2, -0.15) is 0 Å². The summed E-state index contributed by atoms with van der Waals surface area (Å²) in [5.74, 6) is 0.250. The minimum absolute atomic E-state index is 0.00841. The smallest absolute Gasteiger partial charge is 0.315 e. The molecule has 24 heavy (non-hydrogen) atoms. The van der Waals surface area contributed by atoms with Gasteiger partial charge in [-0.05, 0) is 56.6 Å². The lowest BCUT2D eigenvalue weighted by molar-refractivity contribution is 0.230. The highest BCUT2D eigenvalue weighted by Gasteiger charge is 2.16. The predicted molar refractivity (Wildman–Crippen MR) is 98.6 cm³/mol. The van der Waals surface area contributed by atoms with Gasteiger partial charge in [-0.3, -0.25) is 0 Å². The van der Waals surface area contributed by atoms with E-state index in [1.807, 2.05) is 44.6 Å². The third-order valence-corrected chi connectivity index (χ3v) is 4.78. The first-order valence-corrected chi connectivity index (χ1v) is 8.85. The number of nitrogens with one attached hydrogen (secondary N) is 2. The van der Waals surface area contributed by atoms with Crippen molar-refractivity contribution in [2.24, 2.45) is 0 Å². The Labute approximate surface area is 147 Å². The molecule has 0 unspecified atom stereocenters. The molecule has 3 N–H and O–H groups in total. The number of amides is 2. The van der Waals surface area contributed by atoms with Gasteiger partial charge in [-0.25, -0.2) is 4.79 Å². The molecule has 1 aromatic heterocycles. The number of carbonyl (C=O) groups is 1. The van der Waals surface area contributed by atoms with E-state index in [4.69, 9.17) is 0 Å². The lowest BCUT2D eigenvalue weighted by Gasteiger charge is -2.24. The van der Waals surface area contributed by atoms with Gasteiger partial charge < -0.3 is 20.6 Å². The summed E-state index contributed by atoms with van der Waals surface area (Å²) in [6, 6.07) is 11.2. The van der Waals surface area contributed by atoms with Gasteiger partial charge >= 0.3 is 6.03 Å². The Kier molecular flexibility index (Phi) is 6.63. The molecule has 0 fully saturated rings. The molecule has 0 aliphatic rings. The number of phenols is 1. The van der Waals surface area contributed by atoms with E-state index in [1.54, 1.807) is 23.5 Å². The zero-order valence-electron chi connectivity index (χ0n) is 14.3. The van der Waals surface area contributed by atoms with Crippen LogP contribution >= 0.6 is 11.3 Å². The van der Waals surface area contributed by atoms with Crippen LogP contribution in [0.2, 0.25) is 0 Å². The van der Waals surface area contributed by atoms with Crippen LogP contribution in [0.5, 0.6) is 5.75 Å². The van der Waals surface area contributed by atoms with Gasteiger partial charge in [0.05, 0.1) is 6.04 Å². The topological polar surface area (TPSA) is 64.6 Å². The highest BCUT2D eigenvalue weighted by molar-refractivity contribution is 7.10. The Morgan fingerprint density at radius 1 is 1.25 bits per heavy atom. The number of likely N-dealkylation sites (N-methyl/N-ethyl adjacent to an activating group) is 1. The standard InChI is InChI=1S/C18H25N3O2S/c1-13(11-14-6-8-15(22)9-7-14)20-18(23)19-12-16(21(2)3)17-5-4-10-24-17/h4-10,13,16,22H,11-12H2,1-3H3,(H2,19,20,23)/t13-,16-/m0/s1. The van der Waals surface area contributed by atoms with Crippen LogP contribution in [0.3, 0.4) is 0 Å². The molecule has 2 rings (SSSR count). The number of aromatic hydroxyl groups is 1. The fourth-order valence-corrected chi connectivity index (χ4v) is 3.44. The van der Waals surface area contributed by atoms with Crippen molar-refractivity contribution in [1.29, 1.82) is 0 Å². The molecular formula is C18H25N3O2S. The second-order valence-corrected chi connectivity index (χ2v) is 7.10. The van der Waals surface area contributed by atoms with E-state index in [-0.39, 0.29) is 23.9 Å². The Balaban J connectivity index is 1.80. The third-order valence-electron chi connectivity index (χ3n) is 3.81. The second kappa shape index (κ2) is 8.70. The molecule has 0 saturated carbocycles. The van der Waals surface area contributed by atoms with Crippen molar-refractivity contribution in [3.8, 4) is 5.75 Å². The van der Waals surface area contributed by atoms with Gasteiger partial charge in [0, 0.05) is 17.5 Å². The van der Waals surface area contributed by atoms with Crippen molar-refractivity contribution in [3.63, 3.8) is 0 Å². The van der Waals surface area contributed by atoms with Crippen LogP contribution in [0, 0.1) is 0 Å². The number of hydrogen-bond donors (Lipinski definition) is 3. The maximum Gasteiger partial charge on any atom is 0.315 e. The highest BCUT2D eigenvalue weighted by Crippen LogP contribution is 2.22. The summed E-state index contributed by atoms with van der Waals surface area (Å²) in [6.45, 7) is 2.53. The van der Waals surface area contributed by atoms with E-state index in [0.717, 1.165) is 12.0 Å². The number of hydrogen-bond acceptors (Lipinski definition) is 4. The minimum atomic E-state index is -0.162. The molecule has 0 aliphatic heterocycles. The van der Waals surface area contributed by atoms with Gasteiger partial charge in [0.1, 0.15) is 5.75 Å². The van der Waals surface area contributed by atoms with Crippen molar-refractivity contribution in [2.75, 3.05) is 20.6 Å². The van der Waals surface area contributed by atoms with Crippen molar-refractivity contribution < 1.29 is 9.90 Å². The number of thiophene rings is 1. The van der Waals surface area contributed by atoms with Crippen LogP contribution < -0.4 is 10.6 Å². The van der Waals surface area contributed by atoms with E-state index < -0.39 is 0 Å². The summed E-state index contributed by atoms with van der Waals surface area (Å²) < 4.78 is 0. The Morgan fingerprint density at radius 2 is 1.96 bits per heavy atom. The molecule has 2 amide bonds. The summed E-state index contributed by atoms with van der Waals surface area (Å²) in [5, 5.41) is 17.3. The lowest BCUT2D eigenvalue weighted by atomic mass is 10.1. The number of rotatable bonds is 7. The monoisotopic (exact) mass is 347 g/mol. The molecule has 0 radical (unpaired) electrons. The molecule has 2 atom stereocenters. The summed E-state index contributed by atoms with van der Waals surface area (Å²) in [7, 11) is 4.02. The van der Waals surface area contributed by atoms with E-state index in [9.17, 15) is 9.90 Å². The summed E-state index contributed by atoms with van der Waals surface area (Å²) in [6.07, 6.45) is 0.718. The van der Waals surface area contributed by atoms with Gasteiger partial charge in [-0.15, -0.1) is 11.3 Å². The maximum atomic E-state index is 12.1. The normalized spacial score (nSPS) is 13.5. The summed E-state index contributed by atoms with van der Waals surface area (Å²) >= 11 is 1.69. The van der Waals surface area contributed by atoms with E-state index in [2.05, 4.69) is 21.6 Å². The van der Waals surface area contributed by atoms with Crippen molar-refractivity contribution >= 4 is 17.4 Å². The van der Waals surface area contributed by atoms with Crippen LogP contribution in [-0.4, -0.2) is 42.7 Å².